The van der Waals surface area contributed by atoms with Crippen molar-refractivity contribution in [2.45, 2.75) is 4.90 Å². The van der Waals surface area contributed by atoms with Crippen LogP contribution in [0.25, 0.3) is 0 Å². The van der Waals surface area contributed by atoms with Gasteiger partial charge in [0.2, 0.25) is 10.0 Å². The molecule has 3 rings (SSSR count). The highest BCUT2D eigenvalue weighted by molar-refractivity contribution is 9.10. The van der Waals surface area contributed by atoms with Crippen LogP contribution in [0.5, 0.6) is 0 Å². The molecule has 1 heterocycles. The van der Waals surface area contributed by atoms with E-state index < -0.39 is 15.8 Å². The maximum absolute atomic E-state index is 13.8. The fourth-order valence-electron chi connectivity index (χ4n) is 2.73. The number of hydrogen-bond acceptors (Lipinski definition) is 3. The number of piperazine rings is 1. The Labute approximate surface area is 154 Å². The summed E-state index contributed by atoms with van der Waals surface area (Å²) in [5.74, 6) is -0.926. The number of benzene rings is 2. The standard InChI is InChI=1S/C17H16BrFN2O3S/c18-14-6-2-1-5-13(14)17(22)20-9-11-21(12-10-20)25(23,24)16-8-4-3-7-15(16)19/h1-8H,9-12H2. The van der Waals surface area contributed by atoms with Crippen molar-refractivity contribution in [2.75, 3.05) is 26.2 Å². The second kappa shape index (κ2) is 7.23. The molecule has 25 heavy (non-hydrogen) atoms. The van der Waals surface area contributed by atoms with Gasteiger partial charge in [0, 0.05) is 30.7 Å². The van der Waals surface area contributed by atoms with Crippen molar-refractivity contribution < 1.29 is 17.6 Å². The lowest BCUT2D eigenvalue weighted by atomic mass is 10.2. The molecular formula is C17H16BrFN2O3S. The molecule has 1 aliphatic heterocycles. The SMILES string of the molecule is O=C(c1ccccc1Br)N1CCN(S(=O)(=O)c2ccccc2F)CC1. The minimum atomic E-state index is -3.90. The molecule has 0 aliphatic carbocycles. The predicted molar refractivity (Wildman–Crippen MR) is 95.2 cm³/mol. The first kappa shape index (κ1) is 18.0. The van der Waals surface area contributed by atoms with E-state index in [1.165, 1.54) is 22.5 Å². The Morgan fingerprint density at radius 2 is 1.56 bits per heavy atom. The van der Waals surface area contributed by atoms with Gasteiger partial charge in [0.25, 0.3) is 5.91 Å². The molecule has 0 N–H and O–H groups in total. The Balaban J connectivity index is 1.73. The average Bonchev–Trinajstić information content (AvgIpc) is 2.62. The van der Waals surface area contributed by atoms with E-state index in [9.17, 15) is 17.6 Å². The molecule has 0 aromatic heterocycles. The summed E-state index contributed by atoms with van der Waals surface area (Å²) in [6.07, 6.45) is 0. The molecule has 0 bridgehead atoms. The molecule has 0 atom stereocenters. The van der Waals surface area contributed by atoms with Crippen LogP contribution in [0.4, 0.5) is 4.39 Å². The summed E-state index contributed by atoms with van der Waals surface area (Å²) in [7, 11) is -3.90. The van der Waals surface area contributed by atoms with Crippen molar-refractivity contribution in [1.82, 2.24) is 9.21 Å². The van der Waals surface area contributed by atoms with Crippen molar-refractivity contribution in [1.29, 1.82) is 0 Å². The highest BCUT2D eigenvalue weighted by atomic mass is 79.9. The number of amides is 1. The van der Waals surface area contributed by atoms with Crippen LogP contribution in [0.2, 0.25) is 0 Å². The average molecular weight is 427 g/mol. The molecule has 1 amide bonds. The smallest absolute Gasteiger partial charge is 0.255 e. The molecule has 0 radical (unpaired) electrons. The van der Waals surface area contributed by atoms with Crippen LogP contribution < -0.4 is 0 Å². The number of carbonyl (C=O) groups excluding carboxylic acids is 1. The van der Waals surface area contributed by atoms with Crippen LogP contribution in [0.15, 0.2) is 57.9 Å². The molecule has 1 saturated heterocycles. The van der Waals surface area contributed by atoms with Crippen molar-refractivity contribution in [3.8, 4) is 0 Å². The van der Waals surface area contributed by atoms with E-state index >= 15 is 0 Å². The Bertz CT molecular complexity index is 896. The van der Waals surface area contributed by atoms with Crippen LogP contribution in [0.1, 0.15) is 10.4 Å². The van der Waals surface area contributed by atoms with Crippen molar-refractivity contribution >= 4 is 31.9 Å². The second-order valence-corrected chi connectivity index (χ2v) is 8.37. The molecule has 8 heteroatoms. The van der Waals surface area contributed by atoms with E-state index in [0.29, 0.717) is 10.0 Å². The highest BCUT2D eigenvalue weighted by Gasteiger charge is 2.32. The second-order valence-electron chi connectivity index (χ2n) is 5.61. The first-order valence-corrected chi connectivity index (χ1v) is 9.93. The Morgan fingerprint density at radius 1 is 0.960 bits per heavy atom. The summed E-state index contributed by atoms with van der Waals surface area (Å²) in [6.45, 7) is 0.779. The molecular weight excluding hydrogens is 411 g/mol. The lowest BCUT2D eigenvalue weighted by Crippen LogP contribution is -2.50. The molecule has 2 aromatic carbocycles. The fourth-order valence-corrected chi connectivity index (χ4v) is 4.67. The molecule has 0 unspecified atom stereocenters. The summed E-state index contributed by atoms with van der Waals surface area (Å²) in [4.78, 5) is 13.8. The number of rotatable bonds is 3. The summed E-state index contributed by atoms with van der Waals surface area (Å²) in [6, 6.07) is 12.4. The van der Waals surface area contributed by atoms with Crippen molar-refractivity contribution in [2.24, 2.45) is 0 Å². The third-order valence-corrected chi connectivity index (χ3v) is 6.71. The van der Waals surface area contributed by atoms with Crippen LogP contribution >= 0.6 is 15.9 Å². The van der Waals surface area contributed by atoms with E-state index in [0.717, 1.165) is 6.07 Å². The van der Waals surface area contributed by atoms with E-state index in [1.54, 1.807) is 23.1 Å². The minimum absolute atomic E-state index is 0.132. The van der Waals surface area contributed by atoms with E-state index in [-0.39, 0.29) is 37.0 Å². The van der Waals surface area contributed by atoms with Crippen LogP contribution in [0.3, 0.4) is 0 Å². The van der Waals surface area contributed by atoms with Gasteiger partial charge in [0.05, 0.1) is 5.56 Å². The number of halogens is 2. The van der Waals surface area contributed by atoms with Crippen molar-refractivity contribution in [3.05, 3.63) is 64.4 Å². The number of nitrogens with zero attached hydrogens (tertiary/aromatic N) is 2. The van der Waals surface area contributed by atoms with Gasteiger partial charge in [-0.15, -0.1) is 0 Å². The monoisotopic (exact) mass is 426 g/mol. The van der Waals surface area contributed by atoms with Gasteiger partial charge in [-0.1, -0.05) is 24.3 Å². The van der Waals surface area contributed by atoms with Crippen LogP contribution in [-0.4, -0.2) is 49.7 Å². The summed E-state index contributed by atoms with van der Waals surface area (Å²) in [5.41, 5.74) is 0.535. The number of sulfonamides is 1. The molecule has 1 aliphatic rings. The maximum Gasteiger partial charge on any atom is 0.255 e. The zero-order valence-electron chi connectivity index (χ0n) is 13.2. The molecule has 1 fully saturated rings. The zero-order chi connectivity index (χ0) is 18.0. The van der Waals surface area contributed by atoms with Gasteiger partial charge >= 0.3 is 0 Å². The van der Waals surface area contributed by atoms with E-state index in [1.807, 2.05) is 6.07 Å². The van der Waals surface area contributed by atoms with Gasteiger partial charge in [0.1, 0.15) is 10.7 Å². The predicted octanol–water partition coefficient (Wildman–Crippen LogP) is 2.73. The summed E-state index contributed by atoms with van der Waals surface area (Å²) in [5, 5.41) is 0. The topological polar surface area (TPSA) is 57.7 Å². The number of hydrogen-bond donors (Lipinski definition) is 0. The highest BCUT2D eigenvalue weighted by Crippen LogP contribution is 2.22. The van der Waals surface area contributed by atoms with Gasteiger partial charge in [-0.3, -0.25) is 4.79 Å². The summed E-state index contributed by atoms with van der Waals surface area (Å²) < 4.78 is 40.9. The molecule has 0 spiro atoms. The van der Waals surface area contributed by atoms with Gasteiger partial charge in [-0.05, 0) is 40.2 Å². The third kappa shape index (κ3) is 3.61. The molecule has 2 aromatic rings. The maximum atomic E-state index is 13.8. The Morgan fingerprint density at radius 3 is 2.20 bits per heavy atom. The van der Waals surface area contributed by atoms with Crippen LogP contribution in [-0.2, 0) is 10.0 Å². The minimum Gasteiger partial charge on any atom is -0.336 e. The quantitative estimate of drug-likeness (QED) is 0.757. The van der Waals surface area contributed by atoms with E-state index in [2.05, 4.69) is 15.9 Å². The zero-order valence-corrected chi connectivity index (χ0v) is 15.6. The molecule has 0 saturated carbocycles. The number of carbonyl (C=O) groups is 1. The summed E-state index contributed by atoms with van der Waals surface area (Å²) >= 11 is 3.35. The fraction of sp³-hybridized carbons (Fsp3) is 0.235. The first-order valence-electron chi connectivity index (χ1n) is 7.70. The lowest BCUT2D eigenvalue weighted by Gasteiger charge is -2.34. The van der Waals surface area contributed by atoms with Gasteiger partial charge in [-0.25, -0.2) is 12.8 Å². The Kier molecular flexibility index (Phi) is 5.21. The van der Waals surface area contributed by atoms with Crippen molar-refractivity contribution in [3.63, 3.8) is 0 Å². The first-order chi connectivity index (χ1) is 11.9. The lowest BCUT2D eigenvalue weighted by molar-refractivity contribution is 0.0697. The van der Waals surface area contributed by atoms with Gasteiger partial charge in [0.15, 0.2) is 0 Å². The third-order valence-electron chi connectivity index (χ3n) is 4.08. The molecule has 132 valence electrons. The van der Waals surface area contributed by atoms with Crippen LogP contribution in [0, 0.1) is 5.82 Å². The van der Waals surface area contributed by atoms with Gasteiger partial charge < -0.3 is 4.90 Å². The largest absolute Gasteiger partial charge is 0.336 e. The van der Waals surface area contributed by atoms with Gasteiger partial charge in [-0.2, -0.15) is 4.31 Å². The Hall–Kier alpha value is -1.77. The van der Waals surface area contributed by atoms with E-state index in [4.69, 9.17) is 0 Å². The normalized spacial score (nSPS) is 16.0. The molecule has 5 nitrogen and oxygen atoms in total.